The van der Waals surface area contributed by atoms with Crippen molar-refractivity contribution in [2.24, 2.45) is 0 Å². The lowest BCUT2D eigenvalue weighted by Crippen LogP contribution is -2.23. The van der Waals surface area contributed by atoms with Gasteiger partial charge in [-0.2, -0.15) is 0 Å². The lowest BCUT2D eigenvalue weighted by Gasteiger charge is -2.05. The number of carbonyl (C=O) groups excluding carboxylic acids is 1. The summed E-state index contributed by atoms with van der Waals surface area (Å²) in [4.78, 5) is 19.3. The summed E-state index contributed by atoms with van der Waals surface area (Å²) in [5, 5.41) is 2.71. The summed E-state index contributed by atoms with van der Waals surface area (Å²) in [5.41, 5.74) is 1.71. The fourth-order valence-corrected chi connectivity index (χ4v) is 1.51. The van der Waals surface area contributed by atoms with E-state index in [1.54, 1.807) is 19.1 Å². The minimum absolute atomic E-state index is 0.249. The first kappa shape index (κ1) is 12.2. The summed E-state index contributed by atoms with van der Waals surface area (Å²) in [6.07, 6.45) is 2.82. The van der Waals surface area contributed by atoms with E-state index in [1.807, 2.05) is 0 Å². The Morgan fingerprint density at radius 2 is 2.22 bits per heavy atom. The van der Waals surface area contributed by atoms with Crippen LogP contribution in [0, 0.1) is 12.7 Å². The standard InChI is InChI=1S/C13H12FN3O/c1-9-6-10(2-3-11(9)14)7-16-13(18)12-4-5-15-8-17-12/h2-6,8H,7H2,1H3,(H,16,18). The molecule has 5 heteroatoms. The molecule has 18 heavy (non-hydrogen) atoms. The van der Waals surface area contributed by atoms with Crippen LogP contribution in [0.2, 0.25) is 0 Å². The Kier molecular flexibility index (Phi) is 3.62. The van der Waals surface area contributed by atoms with Gasteiger partial charge in [-0.3, -0.25) is 4.79 Å². The van der Waals surface area contributed by atoms with Gasteiger partial charge in [-0.15, -0.1) is 0 Å². The van der Waals surface area contributed by atoms with Gasteiger partial charge in [0, 0.05) is 12.7 Å². The highest BCUT2D eigenvalue weighted by Crippen LogP contribution is 2.09. The molecule has 2 rings (SSSR count). The lowest BCUT2D eigenvalue weighted by atomic mass is 10.1. The first-order valence-corrected chi connectivity index (χ1v) is 5.46. The summed E-state index contributed by atoms with van der Waals surface area (Å²) in [6.45, 7) is 2.02. The summed E-state index contributed by atoms with van der Waals surface area (Å²) in [6, 6.07) is 6.27. The molecule has 0 unspecified atom stereocenters. The molecule has 1 amide bonds. The fraction of sp³-hybridized carbons (Fsp3) is 0.154. The number of aromatic nitrogens is 2. The summed E-state index contributed by atoms with van der Waals surface area (Å²) < 4.78 is 13.1. The molecule has 0 atom stereocenters. The molecule has 0 bridgehead atoms. The molecule has 92 valence electrons. The Balaban J connectivity index is 1.99. The van der Waals surface area contributed by atoms with Crippen LogP contribution in [0.3, 0.4) is 0 Å². The van der Waals surface area contributed by atoms with Crippen molar-refractivity contribution in [3.05, 3.63) is 59.4 Å². The highest BCUT2D eigenvalue weighted by Gasteiger charge is 2.06. The Hall–Kier alpha value is -2.30. The minimum atomic E-state index is -0.278. The third kappa shape index (κ3) is 2.88. The van der Waals surface area contributed by atoms with Crippen LogP contribution in [0.25, 0.3) is 0 Å². The van der Waals surface area contributed by atoms with Gasteiger partial charge in [0.2, 0.25) is 0 Å². The highest BCUT2D eigenvalue weighted by atomic mass is 19.1. The van der Waals surface area contributed by atoms with E-state index in [0.29, 0.717) is 17.8 Å². The molecule has 1 N–H and O–H groups in total. The van der Waals surface area contributed by atoms with Crippen molar-refractivity contribution in [1.29, 1.82) is 0 Å². The van der Waals surface area contributed by atoms with Crippen molar-refractivity contribution >= 4 is 5.91 Å². The van der Waals surface area contributed by atoms with Crippen LogP contribution < -0.4 is 5.32 Å². The largest absolute Gasteiger partial charge is 0.347 e. The topological polar surface area (TPSA) is 54.9 Å². The van der Waals surface area contributed by atoms with Crippen molar-refractivity contribution in [3.8, 4) is 0 Å². The third-order valence-corrected chi connectivity index (χ3v) is 2.49. The Labute approximate surface area is 104 Å². The number of amides is 1. The van der Waals surface area contributed by atoms with Crippen LogP contribution in [-0.2, 0) is 6.54 Å². The zero-order valence-corrected chi connectivity index (χ0v) is 9.85. The molecule has 1 heterocycles. The molecule has 0 fully saturated rings. The quantitative estimate of drug-likeness (QED) is 0.897. The van der Waals surface area contributed by atoms with Crippen molar-refractivity contribution in [1.82, 2.24) is 15.3 Å². The summed E-state index contributed by atoms with van der Waals surface area (Å²) in [5.74, 6) is -0.528. The Bertz CT molecular complexity index is 557. The predicted molar refractivity (Wildman–Crippen MR) is 64.3 cm³/mol. The third-order valence-electron chi connectivity index (χ3n) is 2.49. The van der Waals surface area contributed by atoms with Gasteiger partial charge < -0.3 is 5.32 Å². The van der Waals surface area contributed by atoms with Crippen molar-refractivity contribution in [3.63, 3.8) is 0 Å². The molecular weight excluding hydrogens is 233 g/mol. The lowest BCUT2D eigenvalue weighted by molar-refractivity contribution is 0.0945. The molecule has 1 aromatic heterocycles. The van der Waals surface area contributed by atoms with E-state index in [9.17, 15) is 9.18 Å². The van der Waals surface area contributed by atoms with Crippen LogP contribution in [0.15, 0.2) is 36.8 Å². The van der Waals surface area contributed by atoms with Gasteiger partial charge in [0.05, 0.1) is 0 Å². The summed E-state index contributed by atoms with van der Waals surface area (Å²) in [7, 11) is 0. The molecule has 0 aliphatic rings. The number of aryl methyl sites for hydroxylation is 1. The molecule has 0 saturated heterocycles. The molecule has 0 spiro atoms. The van der Waals surface area contributed by atoms with Crippen LogP contribution >= 0.6 is 0 Å². The maximum atomic E-state index is 13.1. The first-order valence-electron chi connectivity index (χ1n) is 5.46. The Morgan fingerprint density at radius 3 is 2.89 bits per heavy atom. The summed E-state index contributed by atoms with van der Waals surface area (Å²) >= 11 is 0. The average Bonchev–Trinajstić information content (AvgIpc) is 2.41. The number of halogens is 1. The zero-order chi connectivity index (χ0) is 13.0. The van der Waals surface area contributed by atoms with Gasteiger partial charge in [-0.1, -0.05) is 12.1 Å². The number of hydrogen-bond acceptors (Lipinski definition) is 3. The Morgan fingerprint density at radius 1 is 1.39 bits per heavy atom. The fourth-order valence-electron chi connectivity index (χ4n) is 1.51. The highest BCUT2D eigenvalue weighted by molar-refractivity contribution is 5.91. The normalized spacial score (nSPS) is 10.1. The molecule has 1 aromatic carbocycles. The molecule has 2 aromatic rings. The molecule has 0 aliphatic heterocycles. The molecule has 0 radical (unpaired) electrons. The van der Waals surface area contributed by atoms with Crippen LogP contribution in [-0.4, -0.2) is 15.9 Å². The van der Waals surface area contributed by atoms with Crippen molar-refractivity contribution in [2.45, 2.75) is 13.5 Å². The maximum Gasteiger partial charge on any atom is 0.270 e. The molecule has 0 aliphatic carbocycles. The van der Waals surface area contributed by atoms with Crippen LogP contribution in [0.5, 0.6) is 0 Å². The van der Waals surface area contributed by atoms with Gasteiger partial charge in [0.25, 0.3) is 5.91 Å². The number of hydrogen-bond donors (Lipinski definition) is 1. The first-order chi connectivity index (χ1) is 8.66. The van der Waals surface area contributed by atoms with E-state index in [1.165, 1.54) is 24.7 Å². The monoisotopic (exact) mass is 245 g/mol. The van der Waals surface area contributed by atoms with Gasteiger partial charge in [0.1, 0.15) is 17.8 Å². The number of nitrogens with zero attached hydrogens (tertiary/aromatic N) is 2. The molecule has 0 saturated carbocycles. The molecular formula is C13H12FN3O. The second-order valence-electron chi connectivity index (χ2n) is 3.86. The van der Waals surface area contributed by atoms with Gasteiger partial charge in [-0.05, 0) is 30.2 Å². The van der Waals surface area contributed by atoms with Gasteiger partial charge >= 0.3 is 0 Å². The smallest absolute Gasteiger partial charge is 0.270 e. The van der Waals surface area contributed by atoms with E-state index in [2.05, 4.69) is 15.3 Å². The van der Waals surface area contributed by atoms with Gasteiger partial charge in [0.15, 0.2) is 0 Å². The second-order valence-corrected chi connectivity index (χ2v) is 3.86. The number of carbonyl (C=O) groups is 1. The number of rotatable bonds is 3. The number of benzene rings is 1. The van der Waals surface area contributed by atoms with E-state index < -0.39 is 0 Å². The zero-order valence-electron chi connectivity index (χ0n) is 9.85. The van der Waals surface area contributed by atoms with E-state index in [0.717, 1.165) is 5.56 Å². The van der Waals surface area contributed by atoms with E-state index >= 15 is 0 Å². The van der Waals surface area contributed by atoms with Crippen molar-refractivity contribution in [2.75, 3.05) is 0 Å². The average molecular weight is 245 g/mol. The van der Waals surface area contributed by atoms with Crippen LogP contribution in [0.4, 0.5) is 4.39 Å². The SMILES string of the molecule is Cc1cc(CNC(=O)c2ccncn2)ccc1F. The van der Waals surface area contributed by atoms with Gasteiger partial charge in [-0.25, -0.2) is 14.4 Å². The maximum absolute atomic E-state index is 13.1. The van der Waals surface area contributed by atoms with E-state index in [4.69, 9.17) is 0 Å². The molecule has 4 nitrogen and oxygen atoms in total. The predicted octanol–water partition coefficient (Wildman–Crippen LogP) is 1.85. The van der Waals surface area contributed by atoms with Crippen molar-refractivity contribution < 1.29 is 9.18 Å². The second kappa shape index (κ2) is 5.35. The van der Waals surface area contributed by atoms with Crippen LogP contribution in [0.1, 0.15) is 21.6 Å². The van der Waals surface area contributed by atoms with E-state index in [-0.39, 0.29) is 11.7 Å². The minimum Gasteiger partial charge on any atom is -0.347 e. The number of nitrogens with one attached hydrogen (secondary N) is 1.